The van der Waals surface area contributed by atoms with Gasteiger partial charge < -0.3 is 22.6 Å². The summed E-state index contributed by atoms with van der Waals surface area (Å²) in [7, 11) is 6.09. The first-order valence-electron chi connectivity index (χ1n) is 4.10. The maximum atomic E-state index is 10.9. The van der Waals surface area contributed by atoms with E-state index in [-0.39, 0.29) is 18.4 Å². The summed E-state index contributed by atoms with van der Waals surface area (Å²) in [6.45, 7) is 5.73. The summed E-state index contributed by atoms with van der Waals surface area (Å²) in [5, 5.41) is 0. The summed E-state index contributed by atoms with van der Waals surface area (Å²) in [4.78, 5) is 10.9. The Hall–Kier alpha value is -0.540. The number of likely N-dealkylation sites (N-methyl/N-ethyl adjacent to an activating group) is 1. The molecule has 0 heterocycles. The molecule has 1 atom stereocenters. The van der Waals surface area contributed by atoms with Crippen molar-refractivity contribution in [1.82, 2.24) is 0 Å². The molecule has 0 spiro atoms. The Morgan fingerprint density at radius 1 is 1.46 bits per heavy atom. The third kappa shape index (κ3) is 4.29. The summed E-state index contributed by atoms with van der Waals surface area (Å²) < 4.78 is 0.693. The third-order valence-corrected chi connectivity index (χ3v) is 2.04. The third-order valence-electron chi connectivity index (χ3n) is 2.04. The van der Waals surface area contributed by atoms with Gasteiger partial charge in [0.15, 0.2) is 0 Å². The van der Waals surface area contributed by atoms with E-state index in [4.69, 9.17) is 5.73 Å². The van der Waals surface area contributed by atoms with E-state index in [2.05, 4.69) is 6.58 Å². The van der Waals surface area contributed by atoms with E-state index in [1.165, 1.54) is 0 Å². The van der Waals surface area contributed by atoms with Gasteiger partial charge in [0, 0.05) is 6.42 Å². The number of hydrogen-bond acceptors (Lipinski definition) is 1. The SMILES string of the molecule is C=C(C(N)=O)C(CC)[N+](C)(C)C.[Cl-]. The second-order valence-electron chi connectivity index (χ2n) is 3.93. The Kier molecular flexibility index (Phi) is 6.04. The first-order valence-corrected chi connectivity index (χ1v) is 4.10. The van der Waals surface area contributed by atoms with Gasteiger partial charge in [0.05, 0.1) is 26.7 Å². The smallest absolute Gasteiger partial charge is 0.250 e. The highest BCUT2D eigenvalue weighted by atomic mass is 35.5. The molecule has 0 saturated carbocycles. The molecule has 0 aromatic heterocycles. The Morgan fingerprint density at radius 3 is 1.92 bits per heavy atom. The van der Waals surface area contributed by atoms with E-state index in [1.807, 2.05) is 28.1 Å². The van der Waals surface area contributed by atoms with Gasteiger partial charge in [0.25, 0.3) is 0 Å². The van der Waals surface area contributed by atoms with Crippen LogP contribution in [0.25, 0.3) is 0 Å². The summed E-state index contributed by atoms with van der Waals surface area (Å²) in [5.41, 5.74) is 5.68. The fourth-order valence-corrected chi connectivity index (χ4v) is 1.43. The summed E-state index contributed by atoms with van der Waals surface area (Å²) >= 11 is 0. The molecule has 0 aliphatic heterocycles. The van der Waals surface area contributed by atoms with Crippen LogP contribution in [0.2, 0.25) is 0 Å². The zero-order chi connectivity index (χ0) is 9.94. The molecule has 78 valence electrons. The molecule has 2 N–H and O–H groups in total. The molecule has 0 saturated heterocycles. The van der Waals surface area contributed by atoms with Crippen LogP contribution < -0.4 is 18.1 Å². The average molecular weight is 207 g/mol. The molecule has 0 bridgehead atoms. The minimum atomic E-state index is -0.394. The van der Waals surface area contributed by atoms with Crippen molar-refractivity contribution in [2.45, 2.75) is 19.4 Å². The Labute approximate surface area is 86.6 Å². The second-order valence-corrected chi connectivity index (χ2v) is 3.93. The van der Waals surface area contributed by atoms with Gasteiger partial charge in [-0.25, -0.2) is 0 Å². The fourth-order valence-electron chi connectivity index (χ4n) is 1.43. The molecule has 0 aliphatic rings. The molecule has 4 heteroatoms. The fraction of sp³-hybridized carbons (Fsp3) is 0.667. The van der Waals surface area contributed by atoms with E-state index < -0.39 is 5.91 Å². The highest BCUT2D eigenvalue weighted by Crippen LogP contribution is 2.14. The number of hydrogen-bond donors (Lipinski definition) is 1. The van der Waals surface area contributed by atoms with Crippen molar-refractivity contribution in [3.63, 3.8) is 0 Å². The lowest BCUT2D eigenvalue weighted by Crippen LogP contribution is -3.00. The van der Waals surface area contributed by atoms with Crippen LogP contribution in [0.5, 0.6) is 0 Å². The van der Waals surface area contributed by atoms with Crippen molar-refractivity contribution in [1.29, 1.82) is 0 Å². The lowest BCUT2D eigenvalue weighted by molar-refractivity contribution is -0.890. The lowest BCUT2D eigenvalue weighted by atomic mass is 10.0. The van der Waals surface area contributed by atoms with Gasteiger partial charge in [0.2, 0.25) is 5.91 Å². The molecule has 0 radical (unpaired) electrons. The van der Waals surface area contributed by atoms with E-state index in [0.717, 1.165) is 6.42 Å². The number of primary amides is 1. The summed E-state index contributed by atoms with van der Waals surface area (Å²) in [6, 6.07) is 0.127. The molecule has 13 heavy (non-hydrogen) atoms. The van der Waals surface area contributed by atoms with Gasteiger partial charge in [-0.05, 0) is 0 Å². The van der Waals surface area contributed by atoms with E-state index >= 15 is 0 Å². The number of carbonyl (C=O) groups excluding carboxylic acids is 1. The van der Waals surface area contributed by atoms with Crippen molar-refractivity contribution < 1.29 is 21.7 Å². The Bertz CT molecular complexity index is 196. The molecule has 1 amide bonds. The highest BCUT2D eigenvalue weighted by molar-refractivity contribution is 5.92. The molecule has 0 aromatic carbocycles. The van der Waals surface area contributed by atoms with Crippen LogP contribution in [-0.4, -0.2) is 37.6 Å². The number of nitrogens with zero attached hydrogens (tertiary/aromatic N) is 1. The van der Waals surface area contributed by atoms with Crippen LogP contribution >= 0.6 is 0 Å². The van der Waals surface area contributed by atoms with E-state index in [1.54, 1.807) is 0 Å². The molecule has 0 rings (SSSR count). The van der Waals surface area contributed by atoms with Gasteiger partial charge in [-0.3, -0.25) is 4.79 Å². The van der Waals surface area contributed by atoms with Gasteiger partial charge in [-0.15, -0.1) is 0 Å². The largest absolute Gasteiger partial charge is 1.00 e. The van der Waals surface area contributed by atoms with Crippen LogP contribution in [0.15, 0.2) is 12.2 Å². The zero-order valence-corrected chi connectivity index (χ0v) is 9.56. The van der Waals surface area contributed by atoms with Crippen molar-refractivity contribution in [2.24, 2.45) is 5.73 Å². The van der Waals surface area contributed by atoms with Crippen molar-refractivity contribution in [3.8, 4) is 0 Å². The number of amides is 1. The van der Waals surface area contributed by atoms with Gasteiger partial charge >= 0.3 is 0 Å². The van der Waals surface area contributed by atoms with Crippen LogP contribution in [0.1, 0.15) is 13.3 Å². The highest BCUT2D eigenvalue weighted by Gasteiger charge is 2.27. The average Bonchev–Trinajstić information content (AvgIpc) is 1.85. The summed E-state index contributed by atoms with van der Waals surface area (Å²) in [5.74, 6) is -0.394. The Morgan fingerprint density at radius 2 is 1.85 bits per heavy atom. The Balaban J connectivity index is 0. The van der Waals surface area contributed by atoms with Crippen LogP contribution in [0, 0.1) is 0 Å². The van der Waals surface area contributed by atoms with Crippen LogP contribution in [0.3, 0.4) is 0 Å². The molecule has 0 aromatic rings. The second kappa shape index (κ2) is 5.25. The number of halogens is 1. The van der Waals surface area contributed by atoms with Crippen molar-refractivity contribution in [3.05, 3.63) is 12.2 Å². The van der Waals surface area contributed by atoms with E-state index in [9.17, 15) is 4.79 Å². The van der Waals surface area contributed by atoms with Crippen molar-refractivity contribution in [2.75, 3.05) is 21.1 Å². The van der Waals surface area contributed by atoms with Crippen LogP contribution in [-0.2, 0) is 4.79 Å². The molecule has 0 fully saturated rings. The number of carbonyl (C=O) groups is 1. The first-order chi connectivity index (χ1) is 5.30. The number of nitrogens with two attached hydrogens (primary N) is 1. The molecule has 1 unspecified atom stereocenters. The lowest BCUT2D eigenvalue weighted by Gasteiger charge is -2.33. The van der Waals surface area contributed by atoms with Crippen molar-refractivity contribution >= 4 is 5.91 Å². The quantitative estimate of drug-likeness (QED) is 0.402. The molecule has 3 nitrogen and oxygen atoms in total. The minimum Gasteiger partial charge on any atom is -1.00 e. The standard InChI is InChI=1S/C9H18N2O.ClH/c1-6-8(11(3,4)5)7(2)9(10)12;/h8H,2,6H2,1,3-5H3,(H-,10,12);1H. The maximum absolute atomic E-state index is 10.9. The van der Waals surface area contributed by atoms with E-state index in [0.29, 0.717) is 10.1 Å². The summed E-state index contributed by atoms with van der Waals surface area (Å²) in [6.07, 6.45) is 0.880. The van der Waals surface area contributed by atoms with Gasteiger partial charge in [-0.2, -0.15) is 0 Å². The molecule has 0 aliphatic carbocycles. The minimum absolute atomic E-state index is 0. The molecular weight excluding hydrogens is 188 g/mol. The molecular formula is C9H19ClN2O. The maximum Gasteiger partial charge on any atom is 0.250 e. The predicted octanol–water partition coefficient (Wildman–Crippen LogP) is -2.48. The number of quaternary nitrogens is 1. The monoisotopic (exact) mass is 206 g/mol. The van der Waals surface area contributed by atoms with Crippen LogP contribution in [0.4, 0.5) is 0 Å². The zero-order valence-electron chi connectivity index (χ0n) is 8.80. The predicted molar refractivity (Wildman–Crippen MR) is 50.4 cm³/mol. The normalized spacial score (nSPS) is 12.9. The first kappa shape index (κ1) is 15.0. The topological polar surface area (TPSA) is 43.1 Å². The van der Waals surface area contributed by atoms with Gasteiger partial charge in [0.1, 0.15) is 6.04 Å². The van der Waals surface area contributed by atoms with Gasteiger partial charge in [-0.1, -0.05) is 13.5 Å². The number of rotatable bonds is 4.